The molecule has 9 heteroatoms. The normalized spacial score (nSPS) is 42.0. The number of hydrogen-bond acceptors (Lipinski definition) is 3. The van der Waals surface area contributed by atoms with E-state index < -0.39 is 27.2 Å². The van der Waals surface area contributed by atoms with Gasteiger partial charge in [-0.25, -0.2) is 0 Å². The van der Waals surface area contributed by atoms with Crippen molar-refractivity contribution in [2.24, 2.45) is 17.8 Å². The van der Waals surface area contributed by atoms with Crippen LogP contribution in [0.15, 0.2) is 0 Å². The predicted molar refractivity (Wildman–Crippen MR) is 61.9 cm³/mol. The third-order valence-corrected chi connectivity index (χ3v) is 5.92. The summed E-state index contributed by atoms with van der Waals surface area (Å²) in [4.78, 5) is 0. The Balaban J connectivity index is 1.94. The lowest BCUT2D eigenvalue weighted by Gasteiger charge is -2.57. The Morgan fingerprint density at radius 2 is 1.29 bits per heavy atom. The molecule has 4 fully saturated rings. The van der Waals surface area contributed by atoms with Crippen molar-refractivity contribution in [3.05, 3.63) is 0 Å². The first-order chi connectivity index (χ1) is 9.44. The summed E-state index contributed by atoms with van der Waals surface area (Å²) >= 11 is 0. The Morgan fingerprint density at radius 3 is 1.57 bits per heavy atom. The molecule has 4 rings (SSSR count). The fourth-order valence-electron chi connectivity index (χ4n) is 4.68. The molecule has 0 amide bonds. The van der Waals surface area contributed by atoms with Gasteiger partial charge < -0.3 is 4.74 Å². The summed E-state index contributed by atoms with van der Waals surface area (Å²) in [5.41, 5.74) is -1.52. The van der Waals surface area contributed by atoms with Gasteiger partial charge in [0.15, 0.2) is 0 Å². The van der Waals surface area contributed by atoms with Gasteiger partial charge >= 0.3 is 21.6 Å². The number of hydrogen-bond donors (Lipinski definition) is 0. The van der Waals surface area contributed by atoms with Crippen LogP contribution in [0.3, 0.4) is 0 Å². The van der Waals surface area contributed by atoms with Crippen LogP contribution >= 0.6 is 0 Å². The number of alkyl halides is 4. The second kappa shape index (κ2) is 4.31. The highest BCUT2D eigenvalue weighted by atomic mass is 32.3. The monoisotopic (exact) mass is 334 g/mol. The molecule has 0 aromatic heterocycles. The quantitative estimate of drug-likeness (QED) is 0.586. The number of ether oxygens (including phenoxy) is 1. The molecule has 0 aromatic carbocycles. The molecule has 1 unspecified atom stereocenters. The van der Waals surface area contributed by atoms with Crippen LogP contribution in [0, 0.1) is 17.8 Å². The topological polar surface area (TPSA) is 43.4 Å². The van der Waals surface area contributed by atoms with Gasteiger partial charge in [-0.05, 0) is 56.3 Å². The van der Waals surface area contributed by atoms with E-state index >= 15 is 0 Å². The zero-order valence-electron chi connectivity index (χ0n) is 11.0. The summed E-state index contributed by atoms with van der Waals surface area (Å²) in [5.74, 6) is 0.322. The van der Waals surface area contributed by atoms with Crippen LogP contribution in [0.2, 0.25) is 0 Å². The van der Waals surface area contributed by atoms with Gasteiger partial charge in [-0.1, -0.05) is 3.89 Å². The fourth-order valence-corrected chi connectivity index (χ4v) is 5.23. The Morgan fingerprint density at radius 1 is 0.905 bits per heavy atom. The first kappa shape index (κ1) is 15.5. The van der Waals surface area contributed by atoms with Crippen molar-refractivity contribution in [3.8, 4) is 0 Å². The van der Waals surface area contributed by atoms with Crippen molar-refractivity contribution in [2.75, 3.05) is 0 Å². The lowest BCUT2D eigenvalue weighted by Crippen LogP contribution is -2.60. The third-order valence-electron chi connectivity index (χ3n) is 4.98. The second-order valence-electron chi connectivity index (χ2n) is 6.67. The molecule has 0 radical (unpaired) electrons. The van der Waals surface area contributed by atoms with Crippen LogP contribution in [0.5, 0.6) is 0 Å². The molecule has 0 N–H and O–H groups in total. The number of rotatable bonds is 3. The van der Waals surface area contributed by atoms with Gasteiger partial charge in [-0.3, -0.25) is 0 Å². The molecule has 4 saturated carbocycles. The lowest BCUT2D eigenvalue weighted by molar-refractivity contribution is -0.340. The maximum absolute atomic E-state index is 14.0. The van der Waals surface area contributed by atoms with Crippen molar-refractivity contribution < 1.29 is 34.6 Å². The summed E-state index contributed by atoms with van der Waals surface area (Å²) in [7, 11) is -6.58. The molecule has 4 bridgehead atoms. The van der Waals surface area contributed by atoms with Gasteiger partial charge in [0.05, 0.1) is 5.60 Å². The summed E-state index contributed by atoms with van der Waals surface area (Å²) in [6, 6.07) is 0. The van der Waals surface area contributed by atoms with E-state index in [1.807, 2.05) is 0 Å². The molecule has 21 heavy (non-hydrogen) atoms. The highest BCUT2D eigenvalue weighted by Crippen LogP contribution is 2.59. The van der Waals surface area contributed by atoms with Gasteiger partial charge in [0.2, 0.25) is 0 Å². The molecule has 3 nitrogen and oxygen atoms in total. The van der Waals surface area contributed by atoms with E-state index in [2.05, 4.69) is 4.74 Å². The van der Waals surface area contributed by atoms with Gasteiger partial charge in [0, 0.05) is 0 Å². The zero-order chi connectivity index (χ0) is 15.7. The molecule has 4 aliphatic rings. The third kappa shape index (κ3) is 2.36. The van der Waals surface area contributed by atoms with Gasteiger partial charge in [-0.15, -0.1) is 0 Å². The van der Waals surface area contributed by atoms with E-state index in [0.29, 0.717) is 0 Å². The number of halogens is 5. The van der Waals surface area contributed by atoms with Crippen LogP contribution in [-0.4, -0.2) is 25.4 Å². The highest BCUT2D eigenvalue weighted by Gasteiger charge is 2.72. The van der Waals surface area contributed by atoms with Crippen LogP contribution in [0.4, 0.5) is 21.4 Å². The average Bonchev–Trinajstić information content (AvgIpc) is 2.22. The molecule has 122 valence electrons. The molecular weight excluding hydrogens is 319 g/mol. The predicted octanol–water partition coefficient (Wildman–Crippen LogP) is 3.46. The van der Waals surface area contributed by atoms with Crippen molar-refractivity contribution in [2.45, 2.75) is 55.5 Å². The van der Waals surface area contributed by atoms with E-state index in [9.17, 15) is 29.9 Å². The standard InChI is InChI=1S/C12H15F5O3S/c13-11(14,15)12(16,21(17,18)19)20-10-4-7-1-8(5-10)3-9(2-7)6-10/h7-9H,1-6H2. The summed E-state index contributed by atoms with van der Waals surface area (Å²) in [6.45, 7) is 0. The first-order valence-electron chi connectivity index (χ1n) is 6.84. The smallest absolute Gasteiger partial charge is 0.318 e. The zero-order valence-corrected chi connectivity index (χ0v) is 11.8. The van der Waals surface area contributed by atoms with Crippen LogP contribution in [0.1, 0.15) is 38.5 Å². The first-order valence-corrected chi connectivity index (χ1v) is 8.22. The molecule has 0 heterocycles. The Labute approximate surface area is 119 Å². The van der Waals surface area contributed by atoms with Gasteiger partial charge in [0.25, 0.3) is 0 Å². The van der Waals surface area contributed by atoms with Crippen molar-refractivity contribution in [1.82, 2.24) is 0 Å². The average molecular weight is 334 g/mol. The molecule has 4 aliphatic carbocycles. The Bertz CT molecular complexity index is 508. The van der Waals surface area contributed by atoms with E-state index in [4.69, 9.17) is 0 Å². The van der Waals surface area contributed by atoms with Crippen LogP contribution < -0.4 is 0 Å². The molecule has 0 aliphatic heterocycles. The molecule has 0 spiro atoms. The van der Waals surface area contributed by atoms with Crippen LogP contribution in [-0.2, 0) is 15.0 Å². The summed E-state index contributed by atoms with van der Waals surface area (Å²) in [6.07, 6.45) is -2.95. The minimum Gasteiger partial charge on any atom is -0.318 e. The van der Waals surface area contributed by atoms with Gasteiger partial charge in [0.1, 0.15) is 0 Å². The minimum atomic E-state index is -6.58. The molecular formula is C12H15F5O3S. The van der Waals surface area contributed by atoms with E-state index in [1.165, 1.54) is 0 Å². The Hall–Kier alpha value is -0.440. The minimum absolute atomic E-state index is 0.107. The SMILES string of the molecule is O=S(=O)(F)C(F)(OC12CC3CC(CC(C3)C1)C2)C(F)(F)F. The largest absolute Gasteiger partial charge is 0.467 e. The van der Waals surface area contributed by atoms with E-state index in [0.717, 1.165) is 19.3 Å². The molecule has 0 saturated heterocycles. The summed E-state index contributed by atoms with van der Waals surface area (Å²) < 4.78 is 91.2. The van der Waals surface area contributed by atoms with Crippen molar-refractivity contribution in [3.63, 3.8) is 0 Å². The van der Waals surface area contributed by atoms with Crippen LogP contribution in [0.25, 0.3) is 0 Å². The fraction of sp³-hybridized carbons (Fsp3) is 1.00. The highest BCUT2D eigenvalue weighted by molar-refractivity contribution is 7.87. The maximum atomic E-state index is 14.0. The Kier molecular flexibility index (Phi) is 3.17. The summed E-state index contributed by atoms with van der Waals surface area (Å²) in [5, 5.41) is -5.27. The van der Waals surface area contributed by atoms with Gasteiger partial charge in [-0.2, -0.15) is 26.0 Å². The molecule has 0 aromatic rings. The lowest BCUT2D eigenvalue weighted by atomic mass is 9.54. The van der Waals surface area contributed by atoms with E-state index in [1.54, 1.807) is 0 Å². The second-order valence-corrected chi connectivity index (χ2v) is 8.08. The van der Waals surface area contributed by atoms with Crippen molar-refractivity contribution in [1.29, 1.82) is 0 Å². The maximum Gasteiger partial charge on any atom is 0.467 e. The van der Waals surface area contributed by atoms with Crippen molar-refractivity contribution >= 4 is 10.2 Å². The molecule has 1 atom stereocenters. The van der Waals surface area contributed by atoms with E-state index in [-0.39, 0.29) is 37.0 Å².